The lowest BCUT2D eigenvalue weighted by Crippen LogP contribution is -2.40. The molecule has 4 rings (SSSR count). The highest BCUT2D eigenvalue weighted by Gasteiger charge is 2.37. The van der Waals surface area contributed by atoms with Gasteiger partial charge in [0, 0.05) is 23.3 Å². The average Bonchev–Trinajstić information content (AvgIpc) is 3.21. The molecule has 5 nitrogen and oxygen atoms in total. The van der Waals surface area contributed by atoms with Crippen molar-refractivity contribution in [3.05, 3.63) is 65.0 Å². The fourth-order valence-corrected chi connectivity index (χ4v) is 4.40. The minimum atomic E-state index is -3.41. The first-order valence-corrected chi connectivity index (χ1v) is 10.8. The van der Waals surface area contributed by atoms with E-state index in [9.17, 15) is 8.42 Å². The summed E-state index contributed by atoms with van der Waals surface area (Å²) in [6.07, 6.45) is 7.99. The van der Waals surface area contributed by atoms with E-state index >= 15 is 0 Å². The van der Waals surface area contributed by atoms with Crippen molar-refractivity contribution in [1.82, 2.24) is 9.88 Å². The Bertz CT molecular complexity index is 922. The number of piperidine rings is 1. The number of allylic oxidation sites excluding steroid dienone is 1. The van der Waals surface area contributed by atoms with Gasteiger partial charge in [0.2, 0.25) is 0 Å². The van der Waals surface area contributed by atoms with Gasteiger partial charge in [0.15, 0.2) is 0 Å². The largest absolute Gasteiger partial charge is 0.359 e. The summed E-state index contributed by atoms with van der Waals surface area (Å²) in [6, 6.07) is 12.6. The molecule has 1 fully saturated rings. The van der Waals surface area contributed by atoms with Crippen LogP contribution in [0.25, 0.3) is 6.08 Å². The maximum atomic E-state index is 11.1. The van der Waals surface area contributed by atoms with Crippen molar-refractivity contribution in [2.24, 2.45) is 0 Å². The van der Waals surface area contributed by atoms with Gasteiger partial charge in [0.1, 0.15) is 6.61 Å². The monoisotopic (exact) mass is 372 g/mol. The van der Waals surface area contributed by atoms with E-state index < -0.39 is 10.1 Å². The first-order valence-electron chi connectivity index (χ1n) is 8.96. The van der Waals surface area contributed by atoms with Gasteiger partial charge in [0.05, 0.1) is 6.26 Å². The molecule has 0 radical (unpaired) electrons. The first kappa shape index (κ1) is 17.5. The number of rotatable bonds is 5. The van der Waals surface area contributed by atoms with E-state index in [1.807, 2.05) is 12.1 Å². The van der Waals surface area contributed by atoms with Crippen LogP contribution in [0.2, 0.25) is 0 Å². The van der Waals surface area contributed by atoms with Crippen LogP contribution in [0.3, 0.4) is 0 Å². The standard InChI is InChI=1S/C20H24N2O3S/c1-26(23,24)25-15-18-7-6-17(21-18)14-22-12-10-20(11-13-22)9-8-16-4-2-3-5-19(16)20/h2-9,21H,10-15H2,1H3. The first-order chi connectivity index (χ1) is 12.4. The van der Waals surface area contributed by atoms with Crippen LogP contribution in [0.5, 0.6) is 0 Å². The number of nitrogens with one attached hydrogen (secondary N) is 1. The average molecular weight is 372 g/mol. The molecule has 0 bridgehead atoms. The second-order valence-electron chi connectivity index (χ2n) is 7.33. The van der Waals surface area contributed by atoms with Gasteiger partial charge in [0.25, 0.3) is 10.1 Å². The predicted octanol–water partition coefficient (Wildman–Crippen LogP) is 3.05. The maximum absolute atomic E-state index is 11.1. The van der Waals surface area contributed by atoms with Crippen LogP contribution in [0.1, 0.15) is 35.4 Å². The highest BCUT2D eigenvalue weighted by atomic mass is 32.2. The number of aromatic amines is 1. The van der Waals surface area contributed by atoms with Crippen LogP contribution in [-0.4, -0.2) is 37.6 Å². The van der Waals surface area contributed by atoms with Gasteiger partial charge >= 0.3 is 0 Å². The SMILES string of the molecule is CS(=O)(=O)OCc1ccc(CN2CCC3(C=Cc4ccccc43)CC2)[nH]1. The van der Waals surface area contributed by atoms with Crippen molar-refractivity contribution in [3.8, 4) is 0 Å². The normalized spacial score (nSPS) is 19.1. The summed E-state index contributed by atoms with van der Waals surface area (Å²) in [5.41, 5.74) is 4.92. The van der Waals surface area contributed by atoms with E-state index in [2.05, 4.69) is 46.3 Å². The molecule has 2 aliphatic rings. The van der Waals surface area contributed by atoms with E-state index in [1.165, 1.54) is 11.1 Å². The molecule has 1 aliphatic carbocycles. The highest BCUT2D eigenvalue weighted by Crippen LogP contribution is 2.43. The lowest BCUT2D eigenvalue weighted by atomic mass is 9.74. The second kappa shape index (κ2) is 6.68. The number of aromatic nitrogens is 1. The molecule has 1 N–H and O–H groups in total. The summed E-state index contributed by atoms with van der Waals surface area (Å²) in [5, 5.41) is 0. The van der Waals surface area contributed by atoms with E-state index in [-0.39, 0.29) is 12.0 Å². The quantitative estimate of drug-likeness (QED) is 0.820. The molecule has 1 spiro atoms. The van der Waals surface area contributed by atoms with Crippen LogP contribution >= 0.6 is 0 Å². The number of nitrogens with zero attached hydrogens (tertiary/aromatic N) is 1. The Hall–Kier alpha value is -1.89. The molecule has 1 aliphatic heterocycles. The van der Waals surface area contributed by atoms with Gasteiger partial charge in [-0.25, -0.2) is 0 Å². The summed E-state index contributed by atoms with van der Waals surface area (Å²) in [5.74, 6) is 0. The number of benzene rings is 1. The summed E-state index contributed by atoms with van der Waals surface area (Å²) < 4.78 is 27.0. The Balaban J connectivity index is 1.35. The predicted molar refractivity (Wildman–Crippen MR) is 102 cm³/mol. The van der Waals surface area contributed by atoms with Crippen LogP contribution in [-0.2, 0) is 32.9 Å². The fraction of sp³-hybridized carbons (Fsp3) is 0.400. The van der Waals surface area contributed by atoms with E-state index in [4.69, 9.17) is 4.18 Å². The molecular weight excluding hydrogens is 348 g/mol. The van der Waals surface area contributed by atoms with Crippen molar-refractivity contribution < 1.29 is 12.6 Å². The Labute approximate surface area is 154 Å². The zero-order valence-electron chi connectivity index (χ0n) is 14.9. The molecule has 1 aromatic carbocycles. The molecular formula is C20H24N2O3S. The van der Waals surface area contributed by atoms with Crippen LogP contribution in [0.15, 0.2) is 42.5 Å². The van der Waals surface area contributed by atoms with Gasteiger partial charge in [-0.05, 0) is 49.2 Å². The van der Waals surface area contributed by atoms with Gasteiger partial charge < -0.3 is 4.98 Å². The van der Waals surface area contributed by atoms with E-state index in [1.54, 1.807) is 0 Å². The number of H-pyrrole nitrogens is 1. The third-order valence-corrected chi connectivity index (χ3v) is 6.00. The molecule has 0 unspecified atom stereocenters. The summed E-state index contributed by atoms with van der Waals surface area (Å²) in [6.45, 7) is 3.00. The molecule has 0 saturated carbocycles. The van der Waals surface area contributed by atoms with Crippen molar-refractivity contribution >= 4 is 16.2 Å². The minimum absolute atomic E-state index is 0.0591. The van der Waals surface area contributed by atoms with Gasteiger partial charge in [-0.15, -0.1) is 0 Å². The van der Waals surface area contributed by atoms with E-state index in [0.717, 1.165) is 50.1 Å². The number of fused-ring (bicyclic) bond motifs is 2. The topological polar surface area (TPSA) is 62.4 Å². The molecule has 6 heteroatoms. The zero-order chi connectivity index (χ0) is 18.2. The van der Waals surface area contributed by atoms with Crippen LogP contribution < -0.4 is 0 Å². The number of hydrogen-bond acceptors (Lipinski definition) is 4. The Morgan fingerprint density at radius 3 is 2.62 bits per heavy atom. The summed E-state index contributed by atoms with van der Waals surface area (Å²) >= 11 is 0. The van der Waals surface area contributed by atoms with Crippen molar-refractivity contribution in [3.63, 3.8) is 0 Å². The molecule has 1 aromatic heterocycles. The fourth-order valence-electron chi connectivity index (χ4n) is 4.06. The van der Waals surface area contributed by atoms with Crippen molar-refractivity contribution in [1.29, 1.82) is 0 Å². The third kappa shape index (κ3) is 3.63. The Morgan fingerprint density at radius 1 is 1.12 bits per heavy atom. The van der Waals surface area contributed by atoms with E-state index in [0.29, 0.717) is 0 Å². The lowest BCUT2D eigenvalue weighted by Gasteiger charge is -2.39. The summed E-state index contributed by atoms with van der Waals surface area (Å²) in [4.78, 5) is 5.72. The molecule has 26 heavy (non-hydrogen) atoms. The smallest absolute Gasteiger partial charge is 0.264 e. The number of hydrogen-bond donors (Lipinski definition) is 1. The van der Waals surface area contributed by atoms with Gasteiger partial charge in [-0.1, -0.05) is 36.4 Å². The molecule has 138 valence electrons. The maximum Gasteiger partial charge on any atom is 0.264 e. The van der Waals surface area contributed by atoms with Crippen molar-refractivity contribution in [2.75, 3.05) is 19.3 Å². The summed E-state index contributed by atoms with van der Waals surface area (Å²) in [7, 11) is -3.41. The van der Waals surface area contributed by atoms with Gasteiger partial charge in [-0.2, -0.15) is 8.42 Å². The Kier molecular flexibility index (Phi) is 4.50. The third-order valence-electron chi connectivity index (χ3n) is 5.46. The molecule has 2 aromatic rings. The molecule has 2 heterocycles. The zero-order valence-corrected chi connectivity index (χ0v) is 15.8. The lowest BCUT2D eigenvalue weighted by molar-refractivity contribution is 0.175. The minimum Gasteiger partial charge on any atom is -0.359 e. The molecule has 0 atom stereocenters. The van der Waals surface area contributed by atoms with Crippen molar-refractivity contribution in [2.45, 2.75) is 31.4 Å². The number of likely N-dealkylation sites (tertiary alicyclic amines) is 1. The molecule has 0 amide bonds. The molecule has 1 saturated heterocycles. The Morgan fingerprint density at radius 2 is 1.85 bits per heavy atom. The highest BCUT2D eigenvalue weighted by molar-refractivity contribution is 7.85. The van der Waals surface area contributed by atoms with Gasteiger partial charge in [-0.3, -0.25) is 9.08 Å². The second-order valence-corrected chi connectivity index (χ2v) is 8.97. The van der Waals surface area contributed by atoms with Crippen LogP contribution in [0, 0.1) is 0 Å². The van der Waals surface area contributed by atoms with Crippen LogP contribution in [0.4, 0.5) is 0 Å².